The highest BCUT2D eigenvalue weighted by Crippen LogP contribution is 2.46. The highest BCUT2D eigenvalue weighted by atomic mass is 32.2. The number of benzene rings is 2. The maximum atomic E-state index is 12.1. The lowest BCUT2D eigenvalue weighted by Crippen LogP contribution is -2.43. The van der Waals surface area contributed by atoms with Crippen molar-refractivity contribution in [2.75, 3.05) is 20.0 Å². The number of hydrogen-bond acceptors (Lipinski definition) is 8. The van der Waals surface area contributed by atoms with Crippen LogP contribution in [0.1, 0.15) is 0 Å². The number of carbonyl (C=O) groups excluding carboxylic acids is 1. The monoisotopic (exact) mass is 434 g/mol. The van der Waals surface area contributed by atoms with Crippen LogP contribution in [-0.2, 0) is 14.3 Å². The van der Waals surface area contributed by atoms with Gasteiger partial charge in [-0.1, -0.05) is 11.8 Å². The Morgan fingerprint density at radius 2 is 1.52 bits per heavy atom. The molecule has 2 N–H and O–H groups in total. The number of carbonyl (C=O) groups is 2. The molecular formula is C20H18O7S2. The molecule has 29 heavy (non-hydrogen) atoms. The van der Waals surface area contributed by atoms with E-state index in [0.29, 0.717) is 16.4 Å². The number of aliphatic hydroxyl groups excluding tert-OH is 1. The third-order valence-corrected chi connectivity index (χ3v) is 6.56. The van der Waals surface area contributed by atoms with E-state index in [2.05, 4.69) is 0 Å². The summed E-state index contributed by atoms with van der Waals surface area (Å²) in [7, 11) is 3.08. The van der Waals surface area contributed by atoms with Crippen LogP contribution >= 0.6 is 23.5 Å². The highest BCUT2D eigenvalue weighted by Gasteiger charge is 2.55. The molecule has 0 fully saturated rings. The molecule has 0 aromatic heterocycles. The van der Waals surface area contributed by atoms with Gasteiger partial charge < -0.3 is 24.4 Å². The van der Waals surface area contributed by atoms with E-state index in [-0.39, 0.29) is 10.7 Å². The molecule has 0 amide bonds. The zero-order valence-corrected chi connectivity index (χ0v) is 17.2. The molecule has 7 nitrogen and oxygen atoms in total. The molecule has 1 aliphatic rings. The van der Waals surface area contributed by atoms with Crippen LogP contribution in [0.4, 0.5) is 0 Å². The van der Waals surface area contributed by atoms with Crippen LogP contribution < -0.4 is 9.47 Å². The van der Waals surface area contributed by atoms with Gasteiger partial charge in [0.05, 0.1) is 24.9 Å². The third-order valence-electron chi connectivity index (χ3n) is 4.17. The zero-order chi connectivity index (χ0) is 21.0. The molecule has 0 saturated carbocycles. The SMILES string of the molecule is COc1ccc(SCC2(C(=O)O)OC(=O)C(O)=C2Sc2ccc(OC)cc2)cc1. The Morgan fingerprint density at radius 1 is 1.00 bits per heavy atom. The Hall–Kier alpha value is -2.78. The number of carboxylic acid groups (broad SMARTS) is 1. The molecule has 0 aliphatic carbocycles. The van der Waals surface area contributed by atoms with Crippen molar-refractivity contribution in [3.05, 3.63) is 59.2 Å². The van der Waals surface area contributed by atoms with Crippen molar-refractivity contribution in [1.82, 2.24) is 0 Å². The molecule has 0 radical (unpaired) electrons. The summed E-state index contributed by atoms with van der Waals surface area (Å²) in [6, 6.07) is 13.8. The molecule has 1 heterocycles. The fourth-order valence-electron chi connectivity index (χ4n) is 2.58. The van der Waals surface area contributed by atoms with Crippen LogP contribution in [0.25, 0.3) is 0 Å². The maximum Gasteiger partial charge on any atom is 0.375 e. The predicted molar refractivity (Wildman–Crippen MR) is 109 cm³/mol. The van der Waals surface area contributed by atoms with Crippen LogP contribution in [0.15, 0.2) is 69.0 Å². The van der Waals surface area contributed by atoms with E-state index in [1.54, 1.807) is 55.6 Å². The summed E-state index contributed by atoms with van der Waals surface area (Å²) in [5.74, 6) is -1.91. The fraction of sp³-hybridized carbons (Fsp3) is 0.200. The number of methoxy groups -OCH3 is 2. The molecule has 0 bridgehead atoms. The average Bonchev–Trinajstić information content (AvgIpc) is 2.98. The predicted octanol–water partition coefficient (Wildman–Crippen LogP) is 3.74. The van der Waals surface area contributed by atoms with E-state index in [4.69, 9.17) is 14.2 Å². The Morgan fingerprint density at radius 3 is 2.00 bits per heavy atom. The Labute approximate surface area is 175 Å². The number of hydrogen-bond donors (Lipinski definition) is 2. The van der Waals surface area contributed by atoms with Gasteiger partial charge in [-0.2, -0.15) is 0 Å². The van der Waals surface area contributed by atoms with Gasteiger partial charge >= 0.3 is 11.9 Å². The summed E-state index contributed by atoms with van der Waals surface area (Å²) >= 11 is 2.17. The van der Waals surface area contributed by atoms with Gasteiger partial charge in [-0.15, -0.1) is 11.8 Å². The van der Waals surface area contributed by atoms with Crippen molar-refractivity contribution in [3.63, 3.8) is 0 Å². The molecule has 2 aromatic carbocycles. The molecular weight excluding hydrogens is 416 g/mol. The molecule has 152 valence electrons. The maximum absolute atomic E-state index is 12.1. The van der Waals surface area contributed by atoms with Crippen molar-refractivity contribution in [1.29, 1.82) is 0 Å². The van der Waals surface area contributed by atoms with E-state index < -0.39 is 23.3 Å². The fourth-order valence-corrected chi connectivity index (χ4v) is 4.75. The van der Waals surface area contributed by atoms with Gasteiger partial charge in [-0.3, -0.25) is 0 Å². The van der Waals surface area contributed by atoms with Crippen LogP contribution in [0.5, 0.6) is 11.5 Å². The van der Waals surface area contributed by atoms with Crippen LogP contribution in [0, 0.1) is 0 Å². The molecule has 1 unspecified atom stereocenters. The number of ether oxygens (including phenoxy) is 3. The van der Waals surface area contributed by atoms with Crippen LogP contribution in [0.2, 0.25) is 0 Å². The number of carboxylic acids is 1. The molecule has 0 spiro atoms. The topological polar surface area (TPSA) is 102 Å². The summed E-state index contributed by atoms with van der Waals surface area (Å²) < 4.78 is 15.4. The van der Waals surface area contributed by atoms with Crippen molar-refractivity contribution in [3.8, 4) is 11.5 Å². The van der Waals surface area contributed by atoms with Gasteiger partial charge in [0.2, 0.25) is 5.76 Å². The first-order valence-electron chi connectivity index (χ1n) is 8.39. The first kappa shape index (κ1) is 20.9. The first-order valence-corrected chi connectivity index (χ1v) is 10.2. The Balaban J connectivity index is 1.87. The number of esters is 1. The Bertz CT molecular complexity index is 938. The van der Waals surface area contributed by atoms with Crippen molar-refractivity contribution in [2.45, 2.75) is 15.4 Å². The number of rotatable bonds is 8. The van der Waals surface area contributed by atoms with Gasteiger partial charge in [0.25, 0.3) is 5.60 Å². The third kappa shape index (κ3) is 4.30. The number of aliphatic carboxylic acids is 1. The van der Waals surface area contributed by atoms with E-state index in [1.807, 2.05) is 0 Å². The van der Waals surface area contributed by atoms with Crippen molar-refractivity contribution < 1.29 is 34.0 Å². The van der Waals surface area contributed by atoms with E-state index in [0.717, 1.165) is 16.7 Å². The van der Waals surface area contributed by atoms with E-state index in [9.17, 15) is 19.8 Å². The second kappa shape index (κ2) is 8.71. The molecule has 1 atom stereocenters. The summed E-state index contributed by atoms with van der Waals surface area (Å²) in [4.78, 5) is 25.5. The minimum Gasteiger partial charge on any atom is -0.501 e. The van der Waals surface area contributed by atoms with Crippen LogP contribution in [-0.4, -0.2) is 47.7 Å². The largest absolute Gasteiger partial charge is 0.501 e. The molecule has 2 aromatic rings. The zero-order valence-electron chi connectivity index (χ0n) is 15.6. The number of aliphatic hydroxyl groups is 1. The lowest BCUT2D eigenvalue weighted by Gasteiger charge is -2.25. The van der Waals surface area contributed by atoms with Crippen LogP contribution in [0.3, 0.4) is 0 Å². The normalized spacial score (nSPS) is 18.5. The smallest absolute Gasteiger partial charge is 0.375 e. The van der Waals surface area contributed by atoms with E-state index in [1.165, 1.54) is 18.9 Å². The summed E-state index contributed by atoms with van der Waals surface area (Å²) in [5, 5.41) is 20.1. The minimum absolute atomic E-state index is 0.0545. The summed E-state index contributed by atoms with van der Waals surface area (Å²) in [6.07, 6.45) is 0. The second-order valence-electron chi connectivity index (χ2n) is 5.94. The first-order chi connectivity index (χ1) is 13.9. The van der Waals surface area contributed by atoms with Crippen molar-refractivity contribution >= 4 is 35.5 Å². The molecule has 9 heteroatoms. The minimum atomic E-state index is -1.99. The van der Waals surface area contributed by atoms with Crippen molar-refractivity contribution in [2.24, 2.45) is 0 Å². The van der Waals surface area contributed by atoms with Gasteiger partial charge in [0.1, 0.15) is 11.5 Å². The standard InChI is InChI=1S/C20H18O7S2/c1-25-12-3-7-14(8-4-12)28-11-20(19(23)24)17(16(21)18(22)27-20)29-15-9-5-13(26-2)6-10-15/h3-10,21H,11H2,1-2H3,(H,23,24). The van der Waals surface area contributed by atoms with Gasteiger partial charge in [0.15, 0.2) is 0 Å². The molecule has 3 rings (SSSR count). The second-order valence-corrected chi connectivity index (χ2v) is 8.07. The molecule has 1 aliphatic heterocycles. The lowest BCUT2D eigenvalue weighted by atomic mass is 10.1. The quantitative estimate of drug-likeness (QED) is 0.475. The summed E-state index contributed by atoms with van der Waals surface area (Å²) in [5.41, 5.74) is -1.99. The average molecular weight is 434 g/mol. The summed E-state index contributed by atoms with van der Waals surface area (Å²) in [6.45, 7) is 0. The highest BCUT2D eigenvalue weighted by molar-refractivity contribution is 8.03. The number of thioether (sulfide) groups is 2. The van der Waals surface area contributed by atoms with Gasteiger partial charge in [0, 0.05) is 9.79 Å². The van der Waals surface area contributed by atoms with E-state index >= 15 is 0 Å². The Kier molecular flexibility index (Phi) is 6.29. The van der Waals surface area contributed by atoms with Gasteiger partial charge in [-0.25, -0.2) is 9.59 Å². The molecule has 0 saturated heterocycles. The number of cyclic esters (lactones) is 1. The lowest BCUT2D eigenvalue weighted by molar-refractivity contribution is -0.165. The van der Waals surface area contributed by atoms with Gasteiger partial charge in [-0.05, 0) is 48.5 Å².